The average Bonchev–Trinajstić information content (AvgIpc) is 3.13. The van der Waals surface area contributed by atoms with Crippen LogP contribution in [0.5, 0.6) is 5.75 Å². The fourth-order valence-corrected chi connectivity index (χ4v) is 3.31. The number of halogens is 1. The summed E-state index contributed by atoms with van der Waals surface area (Å²) in [7, 11) is 3.47. The Morgan fingerprint density at radius 1 is 1.33 bits per heavy atom. The minimum atomic E-state index is 0. The van der Waals surface area contributed by atoms with Crippen LogP contribution < -0.4 is 15.4 Å². The summed E-state index contributed by atoms with van der Waals surface area (Å²) in [4.78, 5) is 4.31. The van der Waals surface area contributed by atoms with Gasteiger partial charge in [0.15, 0.2) is 5.96 Å². The van der Waals surface area contributed by atoms with Crippen LogP contribution in [0.2, 0.25) is 0 Å². The molecule has 0 bridgehead atoms. The molecule has 1 aliphatic heterocycles. The summed E-state index contributed by atoms with van der Waals surface area (Å²) in [5.74, 6) is 2.14. The van der Waals surface area contributed by atoms with E-state index in [0.717, 1.165) is 50.7 Å². The van der Waals surface area contributed by atoms with E-state index in [1.807, 2.05) is 12.1 Å². The number of aliphatic hydroxyl groups is 1. The maximum absolute atomic E-state index is 9.32. The highest BCUT2D eigenvalue weighted by molar-refractivity contribution is 14.0. The number of hydrogen-bond acceptors (Lipinski definition) is 4. The summed E-state index contributed by atoms with van der Waals surface area (Å²) >= 11 is 0. The summed E-state index contributed by atoms with van der Waals surface area (Å²) in [6.07, 6.45) is 2.75. The van der Waals surface area contributed by atoms with E-state index >= 15 is 0 Å². The Kier molecular flexibility index (Phi) is 11.0. The van der Waals surface area contributed by atoms with Crippen LogP contribution in [0, 0.1) is 5.41 Å². The van der Waals surface area contributed by atoms with Gasteiger partial charge in [0.05, 0.1) is 13.7 Å². The molecular weight excluding hydrogens is 457 g/mol. The highest BCUT2D eigenvalue weighted by atomic mass is 127. The van der Waals surface area contributed by atoms with Crippen molar-refractivity contribution in [3.05, 3.63) is 29.8 Å². The first-order valence-electron chi connectivity index (χ1n) is 9.39. The monoisotopic (exact) mass is 491 g/mol. The predicted molar refractivity (Wildman–Crippen MR) is 120 cm³/mol. The van der Waals surface area contributed by atoms with Gasteiger partial charge in [0.1, 0.15) is 5.75 Å². The third-order valence-corrected chi connectivity index (χ3v) is 5.24. The lowest BCUT2D eigenvalue weighted by atomic mass is 9.84. The third kappa shape index (κ3) is 7.46. The molecule has 27 heavy (non-hydrogen) atoms. The molecular formula is C20H34IN3O3. The summed E-state index contributed by atoms with van der Waals surface area (Å²) in [5.41, 5.74) is 1.32. The molecule has 1 saturated heterocycles. The van der Waals surface area contributed by atoms with Crippen LogP contribution in [-0.4, -0.2) is 58.1 Å². The van der Waals surface area contributed by atoms with E-state index in [-0.39, 0.29) is 36.0 Å². The Morgan fingerprint density at radius 2 is 2.07 bits per heavy atom. The molecule has 6 nitrogen and oxygen atoms in total. The standard InChI is InChI=1S/C20H33N3O3.HI/c1-16(17-4-6-18(25-3)7-5-17)8-11-22-19(21-2)23-14-20(9-12-24)10-13-26-15-20;/h4-7,16,24H,8-15H2,1-3H3,(H2,21,22,23);1H. The fourth-order valence-electron chi connectivity index (χ4n) is 3.31. The van der Waals surface area contributed by atoms with Crippen LogP contribution in [0.15, 0.2) is 29.3 Å². The summed E-state index contributed by atoms with van der Waals surface area (Å²) in [6.45, 7) is 5.50. The third-order valence-electron chi connectivity index (χ3n) is 5.24. The first-order valence-corrected chi connectivity index (χ1v) is 9.39. The lowest BCUT2D eigenvalue weighted by molar-refractivity contribution is 0.127. The van der Waals surface area contributed by atoms with E-state index in [2.05, 4.69) is 34.7 Å². The Hall–Kier alpha value is -1.06. The molecule has 2 unspecified atom stereocenters. The molecule has 0 spiro atoms. The molecule has 1 heterocycles. The summed E-state index contributed by atoms with van der Waals surface area (Å²) < 4.78 is 10.7. The normalized spacial score (nSPS) is 20.7. The number of methoxy groups -OCH3 is 1. The second-order valence-corrected chi connectivity index (χ2v) is 7.09. The number of benzene rings is 1. The summed E-state index contributed by atoms with van der Waals surface area (Å²) in [6, 6.07) is 8.25. The van der Waals surface area contributed by atoms with Crippen molar-refractivity contribution >= 4 is 29.9 Å². The van der Waals surface area contributed by atoms with Crippen LogP contribution in [0.25, 0.3) is 0 Å². The molecule has 2 rings (SSSR count). The van der Waals surface area contributed by atoms with E-state index in [1.165, 1.54) is 5.56 Å². The molecule has 2 atom stereocenters. The van der Waals surface area contributed by atoms with Gasteiger partial charge in [-0.3, -0.25) is 4.99 Å². The van der Waals surface area contributed by atoms with Gasteiger partial charge in [-0.05, 0) is 42.9 Å². The number of hydrogen-bond donors (Lipinski definition) is 3. The van der Waals surface area contributed by atoms with Crippen LogP contribution in [0.3, 0.4) is 0 Å². The van der Waals surface area contributed by atoms with Crippen molar-refractivity contribution in [3.8, 4) is 5.75 Å². The molecule has 7 heteroatoms. The predicted octanol–water partition coefficient (Wildman–Crippen LogP) is 2.76. The Balaban J connectivity index is 0.00000364. The SMILES string of the molecule is CN=C(NCCC(C)c1ccc(OC)cc1)NCC1(CCO)CCOC1.I. The molecule has 1 fully saturated rings. The number of rotatable bonds is 9. The van der Waals surface area contributed by atoms with Gasteiger partial charge in [0.25, 0.3) is 0 Å². The van der Waals surface area contributed by atoms with Crippen LogP contribution >= 0.6 is 24.0 Å². The zero-order valence-corrected chi connectivity index (χ0v) is 19.0. The molecule has 1 aromatic rings. The Bertz CT molecular complexity index is 560. The van der Waals surface area contributed by atoms with Crippen molar-refractivity contribution in [1.82, 2.24) is 10.6 Å². The molecule has 1 aliphatic rings. The van der Waals surface area contributed by atoms with Crippen molar-refractivity contribution in [2.45, 2.75) is 32.1 Å². The van der Waals surface area contributed by atoms with Gasteiger partial charge in [-0.25, -0.2) is 0 Å². The van der Waals surface area contributed by atoms with Crippen LogP contribution in [0.4, 0.5) is 0 Å². The zero-order chi connectivity index (χ0) is 18.8. The fraction of sp³-hybridized carbons (Fsp3) is 0.650. The Labute approximate surface area is 180 Å². The second kappa shape index (κ2) is 12.4. The van der Waals surface area contributed by atoms with Crippen molar-refractivity contribution in [2.75, 3.05) is 47.1 Å². The van der Waals surface area contributed by atoms with E-state index in [1.54, 1.807) is 14.2 Å². The first-order chi connectivity index (χ1) is 12.6. The molecule has 0 saturated carbocycles. The van der Waals surface area contributed by atoms with Gasteiger partial charge in [0, 0.05) is 38.8 Å². The van der Waals surface area contributed by atoms with E-state index in [4.69, 9.17) is 9.47 Å². The lowest BCUT2D eigenvalue weighted by Crippen LogP contribution is -2.44. The minimum Gasteiger partial charge on any atom is -0.497 e. The van der Waals surface area contributed by atoms with Crippen molar-refractivity contribution in [1.29, 1.82) is 0 Å². The number of aliphatic hydroxyl groups excluding tert-OH is 1. The molecule has 0 aliphatic carbocycles. The zero-order valence-electron chi connectivity index (χ0n) is 16.7. The second-order valence-electron chi connectivity index (χ2n) is 7.09. The van der Waals surface area contributed by atoms with E-state index < -0.39 is 0 Å². The molecule has 0 amide bonds. The van der Waals surface area contributed by atoms with Gasteiger partial charge in [-0.15, -0.1) is 24.0 Å². The highest BCUT2D eigenvalue weighted by Gasteiger charge is 2.34. The molecule has 3 N–H and O–H groups in total. The van der Waals surface area contributed by atoms with Gasteiger partial charge in [-0.2, -0.15) is 0 Å². The van der Waals surface area contributed by atoms with E-state index in [0.29, 0.717) is 12.5 Å². The number of nitrogens with zero attached hydrogens (tertiary/aromatic N) is 1. The number of ether oxygens (including phenoxy) is 2. The van der Waals surface area contributed by atoms with Crippen LogP contribution in [0.1, 0.15) is 37.7 Å². The lowest BCUT2D eigenvalue weighted by Gasteiger charge is -2.27. The Morgan fingerprint density at radius 3 is 2.63 bits per heavy atom. The van der Waals surface area contributed by atoms with Crippen LogP contribution in [-0.2, 0) is 4.74 Å². The van der Waals surface area contributed by atoms with Crippen molar-refractivity contribution in [3.63, 3.8) is 0 Å². The first kappa shape index (κ1) is 24.0. The van der Waals surface area contributed by atoms with E-state index in [9.17, 15) is 5.11 Å². The maximum atomic E-state index is 9.32. The van der Waals surface area contributed by atoms with Gasteiger partial charge < -0.3 is 25.2 Å². The van der Waals surface area contributed by atoms with Crippen molar-refractivity contribution in [2.24, 2.45) is 10.4 Å². The van der Waals surface area contributed by atoms with Crippen molar-refractivity contribution < 1.29 is 14.6 Å². The number of guanidine groups is 1. The molecule has 0 aromatic heterocycles. The topological polar surface area (TPSA) is 75.1 Å². The van der Waals surface area contributed by atoms with Gasteiger partial charge in [0.2, 0.25) is 0 Å². The molecule has 0 radical (unpaired) electrons. The number of nitrogens with one attached hydrogen (secondary N) is 2. The number of aliphatic imine (C=N–C) groups is 1. The largest absolute Gasteiger partial charge is 0.497 e. The van der Waals surface area contributed by atoms with Gasteiger partial charge in [-0.1, -0.05) is 19.1 Å². The molecule has 1 aromatic carbocycles. The quantitative estimate of drug-likeness (QED) is 0.282. The average molecular weight is 491 g/mol. The summed E-state index contributed by atoms with van der Waals surface area (Å²) in [5, 5.41) is 16.1. The highest BCUT2D eigenvalue weighted by Crippen LogP contribution is 2.31. The maximum Gasteiger partial charge on any atom is 0.190 e. The van der Waals surface area contributed by atoms with Gasteiger partial charge >= 0.3 is 0 Å². The minimum absolute atomic E-state index is 0. The molecule has 154 valence electrons. The smallest absolute Gasteiger partial charge is 0.190 e.